The number of carbonyl (C=O) groups is 2. The van der Waals surface area contributed by atoms with Crippen LogP contribution >= 0.6 is 0 Å². The van der Waals surface area contributed by atoms with E-state index in [0.717, 1.165) is 11.1 Å². The highest BCUT2D eigenvalue weighted by atomic mass is 16.6. The number of hydrogen-bond acceptors (Lipinski definition) is 4. The fourth-order valence-corrected chi connectivity index (χ4v) is 2.04. The number of hydrogen-bond donors (Lipinski definition) is 2. The molecule has 1 heterocycles. The van der Waals surface area contributed by atoms with Gasteiger partial charge in [-0.15, -0.1) is 0 Å². The van der Waals surface area contributed by atoms with Crippen molar-refractivity contribution in [3.05, 3.63) is 53.9 Å². The van der Waals surface area contributed by atoms with E-state index in [1.54, 1.807) is 51.2 Å². The molecule has 0 atom stereocenters. The number of rotatable bonds is 4. The average molecular weight is 328 g/mol. The quantitative estimate of drug-likeness (QED) is 0.897. The summed E-state index contributed by atoms with van der Waals surface area (Å²) in [5, 5.41) is 11.6. The molecule has 0 unspecified atom stereocenters. The number of aromatic nitrogens is 1. The molecule has 24 heavy (non-hydrogen) atoms. The molecule has 1 aromatic carbocycles. The summed E-state index contributed by atoms with van der Waals surface area (Å²) < 4.78 is 5.18. The fourth-order valence-electron chi connectivity index (χ4n) is 2.04. The zero-order valence-corrected chi connectivity index (χ0v) is 13.9. The first kappa shape index (κ1) is 17.5. The molecule has 0 fully saturated rings. The van der Waals surface area contributed by atoms with Crippen LogP contribution in [0.5, 0.6) is 0 Å². The van der Waals surface area contributed by atoms with Crippen LogP contribution in [0.2, 0.25) is 0 Å². The van der Waals surface area contributed by atoms with E-state index in [4.69, 9.17) is 9.84 Å². The van der Waals surface area contributed by atoms with Gasteiger partial charge < -0.3 is 15.2 Å². The monoisotopic (exact) mass is 328 g/mol. The van der Waals surface area contributed by atoms with Crippen LogP contribution in [-0.2, 0) is 11.3 Å². The highest BCUT2D eigenvalue weighted by molar-refractivity contribution is 5.88. The van der Waals surface area contributed by atoms with Gasteiger partial charge in [0.25, 0.3) is 0 Å². The largest absolute Gasteiger partial charge is 0.478 e. The Kier molecular flexibility index (Phi) is 5.18. The molecule has 0 spiro atoms. The Bertz CT molecular complexity index is 733. The smallest absolute Gasteiger partial charge is 0.407 e. The summed E-state index contributed by atoms with van der Waals surface area (Å²) in [6.45, 7) is 5.64. The third-order valence-electron chi connectivity index (χ3n) is 3.09. The van der Waals surface area contributed by atoms with E-state index in [1.165, 1.54) is 0 Å². The molecule has 0 aliphatic heterocycles. The lowest BCUT2D eigenvalue weighted by molar-refractivity contribution is 0.0522. The number of nitrogens with one attached hydrogen (secondary N) is 1. The summed E-state index contributed by atoms with van der Waals surface area (Å²) in [7, 11) is 0. The molecule has 1 aromatic heterocycles. The molecule has 0 aliphatic rings. The van der Waals surface area contributed by atoms with Gasteiger partial charge in [-0.2, -0.15) is 0 Å². The zero-order valence-electron chi connectivity index (χ0n) is 13.9. The number of nitrogens with zero attached hydrogens (tertiary/aromatic N) is 1. The van der Waals surface area contributed by atoms with Crippen molar-refractivity contribution in [1.82, 2.24) is 10.3 Å². The molecular weight excluding hydrogens is 308 g/mol. The van der Waals surface area contributed by atoms with Gasteiger partial charge in [0.2, 0.25) is 0 Å². The Morgan fingerprint density at radius 1 is 1.12 bits per heavy atom. The minimum atomic E-state index is -0.960. The summed E-state index contributed by atoms with van der Waals surface area (Å²) in [4.78, 5) is 26.8. The van der Waals surface area contributed by atoms with E-state index in [1.807, 2.05) is 12.1 Å². The van der Waals surface area contributed by atoms with Crippen molar-refractivity contribution >= 4 is 12.1 Å². The Labute approximate surface area is 140 Å². The number of carboxylic acid groups (broad SMARTS) is 1. The number of carbonyl (C=O) groups excluding carboxylic acids is 1. The normalized spacial score (nSPS) is 11.0. The van der Waals surface area contributed by atoms with Crippen molar-refractivity contribution in [2.24, 2.45) is 0 Å². The highest BCUT2D eigenvalue weighted by Gasteiger charge is 2.15. The number of pyridine rings is 1. The molecule has 6 nitrogen and oxygen atoms in total. The lowest BCUT2D eigenvalue weighted by Gasteiger charge is -2.19. The van der Waals surface area contributed by atoms with Gasteiger partial charge in [-0.1, -0.05) is 12.1 Å². The van der Waals surface area contributed by atoms with Crippen LogP contribution in [-0.4, -0.2) is 27.8 Å². The molecule has 2 N–H and O–H groups in total. The first-order valence-corrected chi connectivity index (χ1v) is 7.50. The van der Waals surface area contributed by atoms with Crippen molar-refractivity contribution in [2.45, 2.75) is 32.9 Å². The van der Waals surface area contributed by atoms with Crippen molar-refractivity contribution in [3.63, 3.8) is 0 Å². The Morgan fingerprint density at radius 2 is 1.79 bits per heavy atom. The van der Waals surface area contributed by atoms with E-state index in [0.29, 0.717) is 5.69 Å². The summed E-state index contributed by atoms with van der Waals surface area (Å²) in [5.41, 5.74) is 2.13. The van der Waals surface area contributed by atoms with Gasteiger partial charge in [0.05, 0.1) is 17.8 Å². The van der Waals surface area contributed by atoms with Gasteiger partial charge in [0.1, 0.15) is 5.60 Å². The van der Waals surface area contributed by atoms with Crippen molar-refractivity contribution < 1.29 is 19.4 Å². The van der Waals surface area contributed by atoms with Gasteiger partial charge in [0.15, 0.2) is 0 Å². The first-order valence-electron chi connectivity index (χ1n) is 7.50. The molecule has 0 saturated heterocycles. The van der Waals surface area contributed by atoms with Gasteiger partial charge in [-0.3, -0.25) is 4.98 Å². The summed E-state index contributed by atoms with van der Waals surface area (Å²) >= 11 is 0. The molecular formula is C18H20N2O4. The molecule has 2 aromatic rings. The predicted molar refractivity (Wildman–Crippen MR) is 89.7 cm³/mol. The molecule has 0 aliphatic carbocycles. The maximum atomic E-state index is 11.7. The SMILES string of the molecule is CC(C)(C)OC(=O)NCc1cc(-c2ccc(C(=O)O)cc2)ccn1. The van der Waals surface area contributed by atoms with Gasteiger partial charge in [-0.25, -0.2) is 9.59 Å². The number of aromatic carboxylic acids is 1. The van der Waals surface area contributed by atoms with Crippen LogP contribution in [0.15, 0.2) is 42.6 Å². The standard InChI is InChI=1S/C18H20N2O4/c1-18(2,3)24-17(23)20-11-15-10-14(8-9-19-15)12-4-6-13(7-5-12)16(21)22/h4-10H,11H2,1-3H3,(H,20,23)(H,21,22). The average Bonchev–Trinajstić information content (AvgIpc) is 2.52. The zero-order chi connectivity index (χ0) is 17.7. The third-order valence-corrected chi connectivity index (χ3v) is 3.09. The van der Waals surface area contributed by atoms with E-state index in [2.05, 4.69) is 10.3 Å². The van der Waals surface area contributed by atoms with Crippen LogP contribution in [0.1, 0.15) is 36.8 Å². The van der Waals surface area contributed by atoms with Crippen LogP contribution in [0.3, 0.4) is 0 Å². The lowest BCUT2D eigenvalue weighted by atomic mass is 10.0. The molecule has 0 bridgehead atoms. The second kappa shape index (κ2) is 7.12. The summed E-state index contributed by atoms with van der Waals surface area (Å²) in [6, 6.07) is 10.3. The molecule has 2 rings (SSSR count). The Hall–Kier alpha value is -2.89. The highest BCUT2D eigenvalue weighted by Crippen LogP contribution is 2.20. The first-order chi connectivity index (χ1) is 11.2. The Balaban J connectivity index is 2.06. The number of amides is 1. The Morgan fingerprint density at radius 3 is 2.38 bits per heavy atom. The minimum absolute atomic E-state index is 0.236. The van der Waals surface area contributed by atoms with Gasteiger partial charge in [0, 0.05) is 6.20 Å². The topological polar surface area (TPSA) is 88.5 Å². The van der Waals surface area contributed by atoms with E-state index in [9.17, 15) is 9.59 Å². The minimum Gasteiger partial charge on any atom is -0.478 e. The van der Waals surface area contributed by atoms with Crippen molar-refractivity contribution in [1.29, 1.82) is 0 Å². The van der Waals surface area contributed by atoms with Crippen molar-refractivity contribution in [3.8, 4) is 11.1 Å². The maximum Gasteiger partial charge on any atom is 0.407 e. The number of benzene rings is 1. The lowest BCUT2D eigenvalue weighted by Crippen LogP contribution is -2.32. The third kappa shape index (κ3) is 5.08. The molecule has 6 heteroatoms. The van der Waals surface area contributed by atoms with Crippen LogP contribution in [0.4, 0.5) is 4.79 Å². The van der Waals surface area contributed by atoms with E-state index >= 15 is 0 Å². The fraction of sp³-hybridized carbons (Fsp3) is 0.278. The number of ether oxygens (including phenoxy) is 1. The van der Waals surface area contributed by atoms with E-state index in [-0.39, 0.29) is 12.1 Å². The number of alkyl carbamates (subject to hydrolysis) is 1. The van der Waals surface area contributed by atoms with Crippen LogP contribution < -0.4 is 5.32 Å². The summed E-state index contributed by atoms with van der Waals surface area (Å²) in [6.07, 6.45) is 1.15. The molecule has 0 saturated carbocycles. The maximum absolute atomic E-state index is 11.7. The number of carboxylic acids is 1. The summed E-state index contributed by atoms with van der Waals surface area (Å²) in [5.74, 6) is -0.960. The van der Waals surface area contributed by atoms with Gasteiger partial charge >= 0.3 is 12.1 Å². The van der Waals surface area contributed by atoms with Crippen LogP contribution in [0, 0.1) is 0 Å². The molecule has 1 amide bonds. The predicted octanol–water partition coefficient (Wildman–Crippen LogP) is 3.47. The second-order valence-corrected chi connectivity index (χ2v) is 6.27. The van der Waals surface area contributed by atoms with Gasteiger partial charge in [-0.05, 0) is 56.2 Å². The molecule has 0 radical (unpaired) electrons. The van der Waals surface area contributed by atoms with Crippen molar-refractivity contribution in [2.75, 3.05) is 0 Å². The van der Waals surface area contributed by atoms with Crippen LogP contribution in [0.25, 0.3) is 11.1 Å². The second-order valence-electron chi connectivity index (χ2n) is 6.27. The molecule has 126 valence electrons. The van der Waals surface area contributed by atoms with E-state index < -0.39 is 17.7 Å².